The number of nitrogens with one attached hydrogen (secondary N) is 1. The molecule has 2 unspecified atom stereocenters. The number of amides is 2. The predicted octanol–water partition coefficient (Wildman–Crippen LogP) is 3.64. The highest BCUT2D eigenvalue weighted by atomic mass is 16.4. The first-order chi connectivity index (χ1) is 12.5. The van der Waals surface area contributed by atoms with Gasteiger partial charge in [-0.05, 0) is 43.4 Å². The van der Waals surface area contributed by atoms with Crippen molar-refractivity contribution in [2.75, 3.05) is 36.4 Å². The summed E-state index contributed by atoms with van der Waals surface area (Å²) in [6.45, 7) is 4.98. The van der Waals surface area contributed by atoms with Crippen LogP contribution in [-0.4, -0.2) is 48.2 Å². The van der Waals surface area contributed by atoms with Gasteiger partial charge in [-0.2, -0.15) is 0 Å². The number of carbonyl (C=O) groups excluding carboxylic acids is 1. The van der Waals surface area contributed by atoms with E-state index in [-0.39, 0.29) is 18.5 Å². The van der Waals surface area contributed by atoms with Gasteiger partial charge in [0.15, 0.2) is 0 Å². The van der Waals surface area contributed by atoms with Crippen LogP contribution in [0, 0.1) is 11.8 Å². The molecule has 2 N–H and O–H groups in total. The quantitative estimate of drug-likeness (QED) is 0.864. The molecule has 0 aromatic heterocycles. The Morgan fingerprint density at radius 1 is 1.12 bits per heavy atom. The van der Waals surface area contributed by atoms with Gasteiger partial charge in [0.05, 0.1) is 5.92 Å². The molecule has 0 aliphatic carbocycles. The molecule has 2 atom stereocenters. The lowest BCUT2D eigenvalue weighted by Crippen LogP contribution is -2.47. The summed E-state index contributed by atoms with van der Waals surface area (Å²) in [4.78, 5) is 28.0. The number of urea groups is 1. The number of rotatable bonds is 3. The van der Waals surface area contributed by atoms with E-state index in [1.54, 1.807) is 4.90 Å². The largest absolute Gasteiger partial charge is 0.481 e. The van der Waals surface area contributed by atoms with Crippen LogP contribution in [0.15, 0.2) is 24.3 Å². The molecule has 3 rings (SSSR count). The lowest BCUT2D eigenvalue weighted by atomic mass is 9.91. The summed E-state index contributed by atoms with van der Waals surface area (Å²) in [6, 6.07) is 7.75. The molecule has 142 valence electrons. The van der Waals surface area contributed by atoms with E-state index in [4.69, 9.17) is 0 Å². The van der Waals surface area contributed by atoms with Gasteiger partial charge in [-0.15, -0.1) is 0 Å². The highest BCUT2D eigenvalue weighted by molar-refractivity contribution is 5.90. The molecule has 2 fully saturated rings. The molecule has 0 saturated carbocycles. The highest BCUT2D eigenvalue weighted by Crippen LogP contribution is 2.25. The molecule has 1 aromatic carbocycles. The number of carboxylic acids is 1. The molecule has 0 spiro atoms. The topological polar surface area (TPSA) is 72.9 Å². The van der Waals surface area contributed by atoms with Gasteiger partial charge in [-0.1, -0.05) is 25.8 Å². The summed E-state index contributed by atoms with van der Waals surface area (Å²) in [5, 5.41) is 12.2. The van der Waals surface area contributed by atoms with Gasteiger partial charge in [0.1, 0.15) is 0 Å². The number of piperidine rings is 1. The fraction of sp³-hybridized carbons (Fsp3) is 0.600. The van der Waals surface area contributed by atoms with Crippen LogP contribution in [0.2, 0.25) is 0 Å². The summed E-state index contributed by atoms with van der Waals surface area (Å²) >= 11 is 0. The molecule has 26 heavy (non-hydrogen) atoms. The van der Waals surface area contributed by atoms with Crippen LogP contribution in [0.4, 0.5) is 16.2 Å². The van der Waals surface area contributed by atoms with E-state index < -0.39 is 11.9 Å². The van der Waals surface area contributed by atoms with Gasteiger partial charge in [-0.25, -0.2) is 4.79 Å². The minimum absolute atomic E-state index is 0.194. The van der Waals surface area contributed by atoms with Gasteiger partial charge in [0.2, 0.25) is 0 Å². The first-order valence-electron chi connectivity index (χ1n) is 9.66. The van der Waals surface area contributed by atoms with Crippen molar-refractivity contribution in [2.45, 2.75) is 39.0 Å². The van der Waals surface area contributed by atoms with Crippen molar-refractivity contribution in [2.24, 2.45) is 11.8 Å². The fourth-order valence-electron chi connectivity index (χ4n) is 4.01. The fourth-order valence-corrected chi connectivity index (χ4v) is 4.01. The van der Waals surface area contributed by atoms with Crippen molar-refractivity contribution in [3.63, 3.8) is 0 Å². The molecule has 0 radical (unpaired) electrons. The van der Waals surface area contributed by atoms with Crippen LogP contribution in [0.25, 0.3) is 0 Å². The van der Waals surface area contributed by atoms with Gasteiger partial charge in [-0.3, -0.25) is 4.79 Å². The summed E-state index contributed by atoms with van der Waals surface area (Å²) in [5.41, 5.74) is 1.90. The van der Waals surface area contributed by atoms with Crippen molar-refractivity contribution in [1.82, 2.24) is 4.90 Å². The molecule has 6 nitrogen and oxygen atoms in total. The number of nitrogens with zero attached hydrogens (tertiary/aromatic N) is 2. The highest BCUT2D eigenvalue weighted by Gasteiger charge is 2.31. The zero-order valence-electron chi connectivity index (χ0n) is 15.5. The molecule has 2 heterocycles. The van der Waals surface area contributed by atoms with Crippen molar-refractivity contribution in [3.05, 3.63) is 24.3 Å². The average Bonchev–Trinajstić information content (AvgIpc) is 2.91. The third kappa shape index (κ3) is 4.68. The van der Waals surface area contributed by atoms with E-state index in [1.165, 1.54) is 25.7 Å². The normalized spacial score (nSPS) is 24.0. The molecule has 2 aliphatic rings. The van der Waals surface area contributed by atoms with Gasteiger partial charge >= 0.3 is 12.0 Å². The van der Waals surface area contributed by atoms with Crippen LogP contribution >= 0.6 is 0 Å². The first-order valence-corrected chi connectivity index (χ1v) is 9.66. The summed E-state index contributed by atoms with van der Waals surface area (Å²) in [5.74, 6) is -1.11. The van der Waals surface area contributed by atoms with E-state index in [1.807, 2.05) is 25.1 Å². The van der Waals surface area contributed by atoms with E-state index in [0.29, 0.717) is 13.0 Å². The number of aliphatic carboxylic acids is 1. The Labute approximate surface area is 155 Å². The maximum absolute atomic E-state index is 12.6. The average molecular weight is 359 g/mol. The van der Waals surface area contributed by atoms with E-state index in [9.17, 15) is 14.7 Å². The lowest BCUT2D eigenvalue weighted by Gasteiger charge is -2.34. The Bertz CT molecular complexity index is 641. The Balaban J connectivity index is 1.65. The molecule has 0 bridgehead atoms. The van der Waals surface area contributed by atoms with Gasteiger partial charge in [0.25, 0.3) is 0 Å². The third-order valence-electron chi connectivity index (χ3n) is 5.36. The summed E-state index contributed by atoms with van der Waals surface area (Å²) in [7, 11) is 0. The second-order valence-electron chi connectivity index (χ2n) is 7.66. The van der Waals surface area contributed by atoms with Crippen molar-refractivity contribution in [3.8, 4) is 0 Å². The van der Waals surface area contributed by atoms with Crippen LogP contribution in [0.1, 0.15) is 39.0 Å². The molecule has 2 amide bonds. The number of benzene rings is 1. The second kappa shape index (κ2) is 8.43. The molecule has 1 aromatic rings. The lowest BCUT2D eigenvalue weighted by molar-refractivity contribution is -0.143. The Hall–Kier alpha value is -2.24. The maximum Gasteiger partial charge on any atom is 0.321 e. The monoisotopic (exact) mass is 359 g/mol. The van der Waals surface area contributed by atoms with Gasteiger partial charge in [0, 0.05) is 37.6 Å². The number of anilines is 2. The summed E-state index contributed by atoms with van der Waals surface area (Å²) in [6.07, 6.45) is 5.61. The van der Waals surface area contributed by atoms with Crippen molar-refractivity contribution < 1.29 is 14.7 Å². The van der Waals surface area contributed by atoms with E-state index in [0.717, 1.165) is 24.5 Å². The minimum Gasteiger partial charge on any atom is -0.481 e. The Morgan fingerprint density at radius 3 is 2.54 bits per heavy atom. The van der Waals surface area contributed by atoms with Crippen LogP contribution in [0.5, 0.6) is 0 Å². The Morgan fingerprint density at radius 2 is 1.85 bits per heavy atom. The van der Waals surface area contributed by atoms with Crippen molar-refractivity contribution in [1.29, 1.82) is 0 Å². The molecular weight excluding hydrogens is 330 g/mol. The zero-order chi connectivity index (χ0) is 18.5. The van der Waals surface area contributed by atoms with Gasteiger partial charge < -0.3 is 20.2 Å². The van der Waals surface area contributed by atoms with E-state index in [2.05, 4.69) is 16.3 Å². The third-order valence-corrected chi connectivity index (χ3v) is 5.36. The summed E-state index contributed by atoms with van der Waals surface area (Å²) < 4.78 is 0. The number of likely N-dealkylation sites (tertiary alicyclic amines) is 1. The van der Waals surface area contributed by atoms with Crippen molar-refractivity contribution >= 4 is 23.4 Å². The standard InChI is InChI=1S/C20H29N3O3/c1-15-11-16(19(24)25)14-23(13-15)20(26)21-17-7-6-8-18(12-17)22-9-4-2-3-5-10-22/h6-8,12,15-16H,2-5,9-11,13-14H2,1H3,(H,21,26)(H,24,25). The minimum atomic E-state index is -0.822. The molecule has 6 heteroatoms. The maximum atomic E-state index is 12.6. The van der Waals surface area contributed by atoms with Crippen LogP contribution < -0.4 is 10.2 Å². The number of carboxylic acid groups (broad SMARTS) is 1. The molecule has 2 saturated heterocycles. The number of hydrogen-bond acceptors (Lipinski definition) is 3. The number of carbonyl (C=O) groups is 2. The number of hydrogen-bond donors (Lipinski definition) is 2. The molecular formula is C20H29N3O3. The zero-order valence-corrected chi connectivity index (χ0v) is 15.5. The molecule has 2 aliphatic heterocycles. The first kappa shape index (κ1) is 18.5. The smallest absolute Gasteiger partial charge is 0.321 e. The SMILES string of the molecule is CC1CC(C(=O)O)CN(C(=O)Nc2cccc(N3CCCCCC3)c2)C1. The predicted molar refractivity (Wildman–Crippen MR) is 103 cm³/mol. The van der Waals surface area contributed by atoms with Crippen LogP contribution in [0.3, 0.4) is 0 Å². The van der Waals surface area contributed by atoms with Crippen LogP contribution in [-0.2, 0) is 4.79 Å². The van der Waals surface area contributed by atoms with E-state index >= 15 is 0 Å². The second-order valence-corrected chi connectivity index (χ2v) is 7.66. The Kier molecular flexibility index (Phi) is 6.01.